The largest absolute Gasteiger partial charge is 0.481 e. The predicted molar refractivity (Wildman–Crippen MR) is 80.6 cm³/mol. The van der Waals surface area contributed by atoms with Crippen molar-refractivity contribution in [3.63, 3.8) is 0 Å². The SMILES string of the molecule is Cc1nc(=O)n(C2CCCC(C)(C)C2)c(C)c1CC(=O)O. The minimum Gasteiger partial charge on any atom is -0.481 e. The second kappa shape index (κ2) is 5.62. The minimum absolute atomic E-state index is 0.0823. The van der Waals surface area contributed by atoms with E-state index in [2.05, 4.69) is 18.8 Å². The fourth-order valence-corrected chi connectivity index (χ4v) is 3.53. The third-order valence-corrected chi connectivity index (χ3v) is 4.58. The van der Waals surface area contributed by atoms with Crippen molar-refractivity contribution in [2.24, 2.45) is 5.41 Å². The van der Waals surface area contributed by atoms with E-state index in [4.69, 9.17) is 5.11 Å². The summed E-state index contributed by atoms with van der Waals surface area (Å²) >= 11 is 0. The van der Waals surface area contributed by atoms with E-state index in [9.17, 15) is 9.59 Å². The van der Waals surface area contributed by atoms with Crippen molar-refractivity contribution < 1.29 is 9.90 Å². The molecule has 116 valence electrons. The van der Waals surface area contributed by atoms with Crippen LogP contribution in [0.25, 0.3) is 0 Å². The molecular weight excluding hydrogens is 268 g/mol. The van der Waals surface area contributed by atoms with Gasteiger partial charge in [0.25, 0.3) is 0 Å². The van der Waals surface area contributed by atoms with Crippen LogP contribution < -0.4 is 5.69 Å². The number of hydrogen-bond acceptors (Lipinski definition) is 3. The number of hydrogen-bond donors (Lipinski definition) is 1. The van der Waals surface area contributed by atoms with Gasteiger partial charge in [-0.05, 0) is 38.5 Å². The molecule has 0 aromatic carbocycles. The van der Waals surface area contributed by atoms with Gasteiger partial charge >= 0.3 is 11.7 Å². The van der Waals surface area contributed by atoms with Crippen LogP contribution >= 0.6 is 0 Å². The van der Waals surface area contributed by atoms with Crippen LogP contribution in [-0.2, 0) is 11.2 Å². The zero-order valence-corrected chi connectivity index (χ0v) is 13.3. The quantitative estimate of drug-likeness (QED) is 0.929. The van der Waals surface area contributed by atoms with Gasteiger partial charge in [-0.25, -0.2) is 4.79 Å². The molecule has 1 heterocycles. The van der Waals surface area contributed by atoms with E-state index in [0.29, 0.717) is 11.3 Å². The van der Waals surface area contributed by atoms with E-state index in [-0.39, 0.29) is 23.6 Å². The number of rotatable bonds is 3. The maximum atomic E-state index is 12.3. The van der Waals surface area contributed by atoms with Crippen LogP contribution in [0.5, 0.6) is 0 Å². The Hall–Kier alpha value is -1.65. The van der Waals surface area contributed by atoms with E-state index < -0.39 is 5.97 Å². The highest BCUT2D eigenvalue weighted by Gasteiger charge is 2.31. The number of carboxylic acids is 1. The first-order chi connectivity index (χ1) is 9.71. The predicted octanol–water partition coefficient (Wildman–Crippen LogP) is 2.63. The van der Waals surface area contributed by atoms with Gasteiger partial charge in [0.1, 0.15) is 0 Å². The number of aromatic nitrogens is 2. The van der Waals surface area contributed by atoms with Crippen LogP contribution in [0.3, 0.4) is 0 Å². The lowest BCUT2D eigenvalue weighted by Crippen LogP contribution is -2.35. The summed E-state index contributed by atoms with van der Waals surface area (Å²) in [7, 11) is 0. The van der Waals surface area contributed by atoms with E-state index in [0.717, 1.165) is 25.0 Å². The monoisotopic (exact) mass is 292 g/mol. The summed E-state index contributed by atoms with van der Waals surface area (Å²) in [6.45, 7) is 8.00. The standard InChI is InChI=1S/C16H24N2O3/c1-10-13(8-14(19)20)11(2)18(15(21)17-10)12-6-5-7-16(3,4)9-12/h12H,5-9H2,1-4H3,(H,19,20). The van der Waals surface area contributed by atoms with Crippen LogP contribution in [-0.4, -0.2) is 20.6 Å². The number of carbonyl (C=O) groups is 1. The van der Waals surface area contributed by atoms with Gasteiger partial charge in [-0.1, -0.05) is 20.3 Å². The van der Waals surface area contributed by atoms with Crippen LogP contribution in [0.15, 0.2) is 4.79 Å². The fourth-order valence-electron chi connectivity index (χ4n) is 3.53. The highest BCUT2D eigenvalue weighted by atomic mass is 16.4. The molecule has 1 saturated carbocycles. The van der Waals surface area contributed by atoms with Crippen LogP contribution in [0.2, 0.25) is 0 Å². The smallest absolute Gasteiger partial charge is 0.348 e. The number of carboxylic acid groups (broad SMARTS) is 1. The van der Waals surface area contributed by atoms with Crippen molar-refractivity contribution in [3.8, 4) is 0 Å². The molecule has 0 aliphatic heterocycles. The summed E-state index contributed by atoms with van der Waals surface area (Å²) in [5, 5.41) is 9.05. The highest BCUT2D eigenvalue weighted by Crippen LogP contribution is 2.40. The van der Waals surface area contributed by atoms with Gasteiger partial charge in [-0.15, -0.1) is 0 Å². The molecule has 1 unspecified atom stereocenters. The van der Waals surface area contributed by atoms with Gasteiger partial charge in [-0.2, -0.15) is 4.98 Å². The summed E-state index contributed by atoms with van der Waals surface area (Å²) in [5.74, 6) is -0.892. The maximum absolute atomic E-state index is 12.3. The minimum atomic E-state index is -0.892. The normalized spacial score (nSPS) is 21.2. The molecule has 2 rings (SSSR count). The number of aliphatic carboxylic acids is 1. The summed E-state index contributed by atoms with van der Waals surface area (Å²) in [5.41, 5.74) is 1.93. The Morgan fingerprint density at radius 2 is 2.10 bits per heavy atom. The average Bonchev–Trinajstić information content (AvgIpc) is 2.33. The second-order valence-electron chi connectivity index (χ2n) is 6.90. The fraction of sp³-hybridized carbons (Fsp3) is 0.688. The third kappa shape index (κ3) is 3.34. The van der Waals surface area contributed by atoms with Crippen LogP contribution in [0.4, 0.5) is 0 Å². The summed E-state index contributed by atoms with van der Waals surface area (Å²) in [4.78, 5) is 27.4. The number of nitrogens with zero attached hydrogens (tertiary/aromatic N) is 2. The van der Waals surface area contributed by atoms with Crippen molar-refractivity contribution >= 4 is 5.97 Å². The Kier molecular flexibility index (Phi) is 4.21. The van der Waals surface area contributed by atoms with E-state index in [1.54, 1.807) is 11.5 Å². The maximum Gasteiger partial charge on any atom is 0.348 e. The van der Waals surface area contributed by atoms with Crippen molar-refractivity contribution in [2.75, 3.05) is 0 Å². The van der Waals surface area contributed by atoms with Gasteiger partial charge in [-0.3, -0.25) is 9.36 Å². The lowest BCUT2D eigenvalue weighted by atomic mass is 9.75. The molecule has 1 aliphatic carbocycles. The Balaban J connectivity index is 2.48. The topological polar surface area (TPSA) is 72.2 Å². The Morgan fingerprint density at radius 3 is 2.67 bits per heavy atom. The zero-order valence-electron chi connectivity index (χ0n) is 13.3. The van der Waals surface area contributed by atoms with Gasteiger partial charge in [0.15, 0.2) is 0 Å². The van der Waals surface area contributed by atoms with Crippen molar-refractivity contribution in [1.82, 2.24) is 9.55 Å². The van der Waals surface area contributed by atoms with E-state index in [1.807, 2.05) is 6.92 Å². The Morgan fingerprint density at radius 1 is 1.43 bits per heavy atom. The molecule has 5 nitrogen and oxygen atoms in total. The molecule has 1 N–H and O–H groups in total. The zero-order chi connectivity index (χ0) is 15.8. The third-order valence-electron chi connectivity index (χ3n) is 4.58. The Labute approximate surface area is 125 Å². The Bertz CT molecular complexity index is 617. The number of aryl methyl sites for hydroxylation is 1. The van der Waals surface area contributed by atoms with Gasteiger partial charge < -0.3 is 5.11 Å². The first kappa shape index (κ1) is 15.7. The average molecular weight is 292 g/mol. The molecular formula is C16H24N2O3. The molecule has 5 heteroatoms. The van der Waals surface area contributed by atoms with Crippen LogP contribution in [0.1, 0.15) is 62.5 Å². The first-order valence-corrected chi connectivity index (χ1v) is 7.52. The molecule has 21 heavy (non-hydrogen) atoms. The molecule has 0 amide bonds. The lowest BCUT2D eigenvalue weighted by molar-refractivity contribution is -0.136. The summed E-state index contributed by atoms with van der Waals surface area (Å²) in [6, 6.07) is 0.127. The molecule has 1 fully saturated rings. The molecule has 1 aromatic heterocycles. The lowest BCUT2D eigenvalue weighted by Gasteiger charge is -2.37. The second-order valence-corrected chi connectivity index (χ2v) is 6.90. The van der Waals surface area contributed by atoms with Crippen molar-refractivity contribution in [2.45, 2.75) is 65.8 Å². The molecule has 1 atom stereocenters. The molecule has 0 saturated heterocycles. The highest BCUT2D eigenvalue weighted by molar-refractivity contribution is 5.70. The van der Waals surface area contributed by atoms with Crippen molar-refractivity contribution in [1.29, 1.82) is 0 Å². The molecule has 0 spiro atoms. The molecule has 1 aromatic rings. The summed E-state index contributed by atoms with van der Waals surface area (Å²) in [6.07, 6.45) is 4.07. The van der Waals surface area contributed by atoms with E-state index in [1.165, 1.54) is 6.42 Å². The van der Waals surface area contributed by atoms with Gasteiger partial charge in [0, 0.05) is 23.0 Å². The van der Waals surface area contributed by atoms with E-state index >= 15 is 0 Å². The van der Waals surface area contributed by atoms with Gasteiger partial charge in [0.2, 0.25) is 0 Å². The molecule has 0 radical (unpaired) electrons. The first-order valence-electron chi connectivity index (χ1n) is 7.52. The van der Waals surface area contributed by atoms with Crippen LogP contribution in [0, 0.1) is 19.3 Å². The molecule has 1 aliphatic rings. The van der Waals surface area contributed by atoms with Crippen molar-refractivity contribution in [3.05, 3.63) is 27.4 Å². The summed E-state index contributed by atoms with van der Waals surface area (Å²) < 4.78 is 1.73. The van der Waals surface area contributed by atoms with Gasteiger partial charge in [0.05, 0.1) is 6.42 Å². The molecule has 0 bridgehead atoms.